The summed E-state index contributed by atoms with van der Waals surface area (Å²) in [6, 6.07) is 4.09. The van der Waals surface area contributed by atoms with E-state index in [2.05, 4.69) is 47.0 Å². The molecule has 0 saturated heterocycles. The molecule has 0 saturated carbocycles. The van der Waals surface area contributed by atoms with Crippen LogP contribution in [0.3, 0.4) is 0 Å². The van der Waals surface area contributed by atoms with E-state index < -0.39 is 0 Å². The van der Waals surface area contributed by atoms with E-state index >= 15 is 0 Å². The van der Waals surface area contributed by atoms with E-state index in [4.69, 9.17) is 4.74 Å². The Kier molecular flexibility index (Phi) is 4.82. The van der Waals surface area contributed by atoms with Gasteiger partial charge in [-0.1, -0.05) is 27.3 Å². The van der Waals surface area contributed by atoms with Crippen LogP contribution in [0.1, 0.15) is 22.9 Å². The Balaban J connectivity index is 2.01. The van der Waals surface area contributed by atoms with Crippen LogP contribution in [0.5, 0.6) is 5.75 Å². The van der Waals surface area contributed by atoms with Crippen LogP contribution in [0.4, 0.5) is 5.13 Å². The molecule has 0 fully saturated rings. The third kappa shape index (κ3) is 3.70. The summed E-state index contributed by atoms with van der Waals surface area (Å²) < 4.78 is 6.97. The monoisotopic (exact) mass is 340 g/mol. The predicted octanol–water partition coefficient (Wildman–Crippen LogP) is 4.53. The first-order valence-corrected chi connectivity index (χ1v) is 7.79. The SMILES string of the molecule is CCNc1ncc(COc2cc(C)c(Br)c(C)c2)s1. The lowest BCUT2D eigenvalue weighted by molar-refractivity contribution is 0.309. The fourth-order valence-corrected chi connectivity index (χ4v) is 2.77. The minimum atomic E-state index is 0.559. The molecule has 1 aromatic carbocycles. The second-order valence-electron chi connectivity index (χ2n) is 4.32. The van der Waals surface area contributed by atoms with Gasteiger partial charge in [-0.3, -0.25) is 0 Å². The van der Waals surface area contributed by atoms with Gasteiger partial charge in [-0.15, -0.1) is 0 Å². The Morgan fingerprint density at radius 3 is 2.63 bits per heavy atom. The molecular weight excluding hydrogens is 324 g/mol. The second kappa shape index (κ2) is 6.39. The van der Waals surface area contributed by atoms with Gasteiger partial charge in [-0.2, -0.15) is 0 Å². The van der Waals surface area contributed by atoms with Crippen LogP contribution in [0, 0.1) is 13.8 Å². The molecule has 0 aliphatic heterocycles. The number of nitrogens with one attached hydrogen (secondary N) is 1. The Morgan fingerprint density at radius 2 is 2.00 bits per heavy atom. The van der Waals surface area contributed by atoms with Crippen molar-refractivity contribution in [1.82, 2.24) is 4.98 Å². The van der Waals surface area contributed by atoms with Gasteiger partial charge in [0.1, 0.15) is 12.4 Å². The minimum Gasteiger partial charge on any atom is -0.488 e. The molecule has 0 bridgehead atoms. The zero-order valence-corrected chi connectivity index (χ0v) is 13.7. The first-order chi connectivity index (χ1) is 9.10. The van der Waals surface area contributed by atoms with E-state index in [9.17, 15) is 0 Å². The summed E-state index contributed by atoms with van der Waals surface area (Å²) in [5.41, 5.74) is 2.38. The number of aromatic nitrogens is 1. The van der Waals surface area contributed by atoms with Crippen LogP contribution in [0.25, 0.3) is 0 Å². The lowest BCUT2D eigenvalue weighted by Crippen LogP contribution is -1.95. The average molecular weight is 341 g/mol. The van der Waals surface area contributed by atoms with Crippen molar-refractivity contribution in [3.8, 4) is 5.75 Å². The third-order valence-corrected chi connectivity index (χ3v) is 4.85. The van der Waals surface area contributed by atoms with Crippen molar-refractivity contribution in [3.05, 3.63) is 38.8 Å². The van der Waals surface area contributed by atoms with Crippen LogP contribution in [-0.4, -0.2) is 11.5 Å². The van der Waals surface area contributed by atoms with Gasteiger partial charge in [0.05, 0.1) is 4.88 Å². The van der Waals surface area contributed by atoms with E-state index in [1.165, 1.54) is 11.1 Å². The summed E-state index contributed by atoms with van der Waals surface area (Å²) in [5.74, 6) is 0.900. The number of nitrogens with zero attached hydrogens (tertiary/aromatic N) is 1. The van der Waals surface area contributed by atoms with Gasteiger partial charge in [0.2, 0.25) is 0 Å². The number of halogens is 1. The van der Waals surface area contributed by atoms with Gasteiger partial charge in [-0.05, 0) is 44.0 Å². The van der Waals surface area contributed by atoms with Crippen molar-refractivity contribution in [2.45, 2.75) is 27.4 Å². The van der Waals surface area contributed by atoms with E-state index in [1.54, 1.807) is 11.3 Å². The van der Waals surface area contributed by atoms with Gasteiger partial charge in [0.25, 0.3) is 0 Å². The Hall–Kier alpha value is -1.07. The normalized spacial score (nSPS) is 10.5. The summed E-state index contributed by atoms with van der Waals surface area (Å²) in [6.45, 7) is 7.65. The molecule has 2 rings (SSSR count). The summed E-state index contributed by atoms with van der Waals surface area (Å²) in [6.07, 6.45) is 1.86. The quantitative estimate of drug-likeness (QED) is 0.867. The number of aryl methyl sites for hydroxylation is 2. The molecule has 1 heterocycles. The molecule has 19 heavy (non-hydrogen) atoms. The molecule has 5 heteroatoms. The van der Waals surface area contributed by atoms with Crippen LogP contribution < -0.4 is 10.1 Å². The minimum absolute atomic E-state index is 0.559. The van der Waals surface area contributed by atoms with Crippen molar-refractivity contribution in [2.75, 3.05) is 11.9 Å². The van der Waals surface area contributed by atoms with Gasteiger partial charge in [-0.25, -0.2) is 4.98 Å². The highest BCUT2D eigenvalue weighted by Gasteiger charge is 2.05. The van der Waals surface area contributed by atoms with Crippen molar-refractivity contribution < 1.29 is 4.74 Å². The molecule has 0 aliphatic carbocycles. The molecule has 1 N–H and O–H groups in total. The number of hydrogen-bond acceptors (Lipinski definition) is 4. The van der Waals surface area contributed by atoms with Crippen LogP contribution in [0.2, 0.25) is 0 Å². The number of ether oxygens (including phenoxy) is 1. The highest BCUT2D eigenvalue weighted by molar-refractivity contribution is 9.10. The molecule has 0 atom stereocenters. The molecule has 0 unspecified atom stereocenters. The predicted molar refractivity (Wildman–Crippen MR) is 84.2 cm³/mol. The van der Waals surface area contributed by atoms with E-state index in [0.717, 1.165) is 26.8 Å². The zero-order valence-electron chi connectivity index (χ0n) is 11.3. The number of thiazole rings is 1. The molecule has 102 valence electrons. The summed E-state index contributed by atoms with van der Waals surface area (Å²) in [5, 5.41) is 4.15. The second-order valence-corrected chi connectivity index (χ2v) is 6.23. The van der Waals surface area contributed by atoms with Crippen LogP contribution in [0.15, 0.2) is 22.8 Å². The number of rotatable bonds is 5. The van der Waals surface area contributed by atoms with E-state index in [1.807, 2.05) is 18.3 Å². The topological polar surface area (TPSA) is 34.2 Å². The van der Waals surface area contributed by atoms with Crippen molar-refractivity contribution in [3.63, 3.8) is 0 Å². The van der Waals surface area contributed by atoms with Gasteiger partial charge >= 0.3 is 0 Å². The molecule has 2 aromatic rings. The fourth-order valence-electron chi connectivity index (χ4n) is 1.75. The molecule has 0 spiro atoms. The lowest BCUT2D eigenvalue weighted by Gasteiger charge is -2.09. The van der Waals surface area contributed by atoms with Crippen molar-refractivity contribution in [2.24, 2.45) is 0 Å². The van der Waals surface area contributed by atoms with Crippen LogP contribution >= 0.6 is 27.3 Å². The zero-order chi connectivity index (χ0) is 13.8. The van der Waals surface area contributed by atoms with Crippen molar-refractivity contribution >= 4 is 32.4 Å². The fraction of sp³-hybridized carbons (Fsp3) is 0.357. The Labute approximate surface area is 126 Å². The Morgan fingerprint density at radius 1 is 1.32 bits per heavy atom. The molecule has 3 nitrogen and oxygen atoms in total. The maximum atomic E-state index is 5.82. The number of hydrogen-bond donors (Lipinski definition) is 1. The van der Waals surface area contributed by atoms with E-state index in [-0.39, 0.29) is 0 Å². The molecule has 0 amide bonds. The van der Waals surface area contributed by atoms with Crippen molar-refractivity contribution in [1.29, 1.82) is 0 Å². The average Bonchev–Trinajstić information content (AvgIpc) is 2.81. The summed E-state index contributed by atoms with van der Waals surface area (Å²) in [7, 11) is 0. The lowest BCUT2D eigenvalue weighted by atomic mass is 10.1. The largest absolute Gasteiger partial charge is 0.488 e. The number of anilines is 1. The highest BCUT2D eigenvalue weighted by Crippen LogP contribution is 2.27. The van der Waals surface area contributed by atoms with Gasteiger partial charge in [0, 0.05) is 17.2 Å². The molecule has 0 aliphatic rings. The Bertz CT molecular complexity index is 545. The van der Waals surface area contributed by atoms with Gasteiger partial charge < -0.3 is 10.1 Å². The molecular formula is C14H17BrN2OS. The first kappa shape index (κ1) is 14.3. The van der Waals surface area contributed by atoms with Gasteiger partial charge in [0.15, 0.2) is 5.13 Å². The first-order valence-electron chi connectivity index (χ1n) is 6.18. The molecule has 0 radical (unpaired) electrons. The van der Waals surface area contributed by atoms with E-state index in [0.29, 0.717) is 6.61 Å². The third-order valence-electron chi connectivity index (χ3n) is 2.67. The standard InChI is InChI=1S/C14H17BrN2OS/c1-4-16-14-17-7-12(19-14)8-18-11-5-9(2)13(15)10(3)6-11/h5-7H,4,8H2,1-3H3,(H,16,17). The highest BCUT2D eigenvalue weighted by atomic mass is 79.9. The maximum Gasteiger partial charge on any atom is 0.182 e. The summed E-state index contributed by atoms with van der Waals surface area (Å²) in [4.78, 5) is 5.41. The maximum absolute atomic E-state index is 5.82. The summed E-state index contributed by atoms with van der Waals surface area (Å²) >= 11 is 5.19. The number of benzene rings is 1. The molecule has 1 aromatic heterocycles. The van der Waals surface area contributed by atoms with Crippen LogP contribution in [-0.2, 0) is 6.61 Å². The smallest absolute Gasteiger partial charge is 0.182 e.